The smallest absolute Gasteiger partial charge is 0.249 e. The van der Waals surface area contributed by atoms with E-state index in [-0.39, 0.29) is 6.61 Å². The van der Waals surface area contributed by atoms with Crippen LogP contribution >= 0.6 is 0 Å². The number of oxime groups is 1. The second-order valence-corrected chi connectivity index (χ2v) is 3.78. The summed E-state index contributed by atoms with van der Waals surface area (Å²) in [6.07, 6.45) is 0. The number of nitrogens with two attached hydrogens (primary N) is 1. The maximum Gasteiger partial charge on any atom is 0.249 e. The lowest BCUT2D eigenvalue weighted by atomic mass is 10.0. The summed E-state index contributed by atoms with van der Waals surface area (Å²) in [5.74, 6) is -0.445. The van der Waals surface area contributed by atoms with Gasteiger partial charge in [0.15, 0.2) is 0 Å². The van der Waals surface area contributed by atoms with E-state index in [0.717, 1.165) is 16.8 Å². The van der Waals surface area contributed by atoms with Crippen LogP contribution in [-0.4, -0.2) is 11.6 Å². The second kappa shape index (κ2) is 5.30. The van der Waals surface area contributed by atoms with Crippen LogP contribution in [0.25, 0.3) is 0 Å². The van der Waals surface area contributed by atoms with E-state index in [1.165, 1.54) is 0 Å². The lowest BCUT2D eigenvalue weighted by molar-refractivity contribution is 0.0988. The molecule has 1 aromatic carbocycles. The van der Waals surface area contributed by atoms with Gasteiger partial charge >= 0.3 is 0 Å². The third kappa shape index (κ3) is 3.08. The molecule has 0 aliphatic carbocycles. The van der Waals surface area contributed by atoms with Crippen LogP contribution in [0, 0.1) is 6.92 Å². The fraction of sp³-hybridized carbons (Fsp3) is 0.333. The molecule has 1 rings (SSSR count). The highest BCUT2D eigenvalue weighted by Gasteiger charge is 2.10. The van der Waals surface area contributed by atoms with E-state index < -0.39 is 5.91 Å². The van der Waals surface area contributed by atoms with Crippen molar-refractivity contribution in [1.29, 1.82) is 0 Å². The van der Waals surface area contributed by atoms with E-state index in [1.807, 2.05) is 26.8 Å². The molecule has 0 aliphatic rings. The van der Waals surface area contributed by atoms with Gasteiger partial charge in [-0.15, -0.1) is 0 Å². The van der Waals surface area contributed by atoms with Crippen molar-refractivity contribution in [2.24, 2.45) is 10.9 Å². The number of carbonyl (C=O) groups excluding carboxylic acids is 1. The minimum Gasteiger partial charge on any atom is -0.391 e. The standard InChI is InChI=1S/C12H16N2O2/c1-8(2)14-16-7-11-9(3)5-4-6-10(11)12(13)15/h4-6H,7H2,1-3H3,(H2,13,15). The van der Waals surface area contributed by atoms with Gasteiger partial charge in [0.25, 0.3) is 0 Å². The Balaban J connectivity index is 2.93. The summed E-state index contributed by atoms with van der Waals surface area (Å²) in [7, 11) is 0. The molecule has 0 unspecified atom stereocenters. The van der Waals surface area contributed by atoms with Crippen molar-refractivity contribution in [2.75, 3.05) is 0 Å². The predicted molar refractivity (Wildman–Crippen MR) is 63.3 cm³/mol. The molecule has 0 heterocycles. The highest BCUT2D eigenvalue weighted by molar-refractivity contribution is 5.94. The van der Waals surface area contributed by atoms with Crippen molar-refractivity contribution in [3.05, 3.63) is 34.9 Å². The Hall–Kier alpha value is -1.84. The van der Waals surface area contributed by atoms with Crippen LogP contribution < -0.4 is 5.73 Å². The molecule has 0 aliphatic heterocycles. The first kappa shape index (κ1) is 12.2. The van der Waals surface area contributed by atoms with Crippen LogP contribution in [0.1, 0.15) is 35.3 Å². The summed E-state index contributed by atoms with van der Waals surface area (Å²) in [5, 5.41) is 3.83. The second-order valence-electron chi connectivity index (χ2n) is 3.78. The normalized spacial score (nSPS) is 9.69. The molecule has 2 N–H and O–H groups in total. The summed E-state index contributed by atoms with van der Waals surface area (Å²) >= 11 is 0. The number of primary amides is 1. The SMILES string of the molecule is CC(C)=NOCc1c(C)cccc1C(N)=O. The average Bonchev–Trinajstić information content (AvgIpc) is 2.19. The van der Waals surface area contributed by atoms with Gasteiger partial charge in [0.1, 0.15) is 6.61 Å². The molecule has 1 aromatic rings. The number of rotatable bonds is 4. The van der Waals surface area contributed by atoms with Gasteiger partial charge < -0.3 is 10.6 Å². The first-order valence-electron chi connectivity index (χ1n) is 5.04. The number of aryl methyl sites for hydroxylation is 1. The molecular formula is C12H16N2O2. The van der Waals surface area contributed by atoms with Gasteiger partial charge in [-0.05, 0) is 32.4 Å². The lowest BCUT2D eigenvalue weighted by Gasteiger charge is -2.08. The highest BCUT2D eigenvalue weighted by Crippen LogP contribution is 2.15. The van der Waals surface area contributed by atoms with E-state index in [4.69, 9.17) is 10.6 Å². The van der Waals surface area contributed by atoms with Gasteiger partial charge in [-0.25, -0.2) is 0 Å². The molecule has 0 atom stereocenters. The summed E-state index contributed by atoms with van der Waals surface area (Å²) in [6, 6.07) is 5.40. The zero-order valence-corrected chi connectivity index (χ0v) is 9.78. The Labute approximate surface area is 95.1 Å². The Kier molecular flexibility index (Phi) is 4.05. The van der Waals surface area contributed by atoms with Crippen LogP contribution in [-0.2, 0) is 11.4 Å². The number of benzene rings is 1. The number of hydrogen-bond donors (Lipinski definition) is 1. The quantitative estimate of drug-likeness (QED) is 0.623. The maximum atomic E-state index is 11.2. The molecule has 16 heavy (non-hydrogen) atoms. The summed E-state index contributed by atoms with van der Waals surface area (Å²) in [4.78, 5) is 16.3. The maximum absolute atomic E-state index is 11.2. The number of amides is 1. The van der Waals surface area contributed by atoms with Gasteiger partial charge in [-0.2, -0.15) is 0 Å². The molecule has 0 radical (unpaired) electrons. The zero-order chi connectivity index (χ0) is 12.1. The van der Waals surface area contributed by atoms with Gasteiger partial charge in [0.2, 0.25) is 5.91 Å². The van der Waals surface area contributed by atoms with E-state index in [1.54, 1.807) is 12.1 Å². The van der Waals surface area contributed by atoms with Crippen molar-refractivity contribution in [3.8, 4) is 0 Å². The van der Waals surface area contributed by atoms with Crippen molar-refractivity contribution >= 4 is 11.6 Å². The molecule has 4 heteroatoms. The molecular weight excluding hydrogens is 204 g/mol. The summed E-state index contributed by atoms with van der Waals surface area (Å²) in [5.41, 5.74) is 8.37. The molecule has 0 saturated carbocycles. The van der Waals surface area contributed by atoms with Gasteiger partial charge in [0, 0.05) is 11.1 Å². The molecule has 4 nitrogen and oxygen atoms in total. The first-order chi connectivity index (χ1) is 7.52. The van der Waals surface area contributed by atoms with Crippen molar-refractivity contribution in [2.45, 2.75) is 27.4 Å². The molecule has 0 fully saturated rings. The van der Waals surface area contributed by atoms with Crippen LogP contribution in [0.4, 0.5) is 0 Å². The Morgan fingerprint density at radius 1 is 1.44 bits per heavy atom. The van der Waals surface area contributed by atoms with Gasteiger partial charge in [-0.3, -0.25) is 4.79 Å². The number of nitrogens with zero attached hydrogens (tertiary/aromatic N) is 1. The topological polar surface area (TPSA) is 64.7 Å². The third-order valence-corrected chi connectivity index (χ3v) is 2.13. The lowest BCUT2D eigenvalue weighted by Crippen LogP contribution is -2.14. The zero-order valence-electron chi connectivity index (χ0n) is 9.78. The van der Waals surface area contributed by atoms with Gasteiger partial charge in [-0.1, -0.05) is 17.3 Å². The molecule has 0 spiro atoms. The largest absolute Gasteiger partial charge is 0.391 e. The Morgan fingerprint density at radius 3 is 2.69 bits per heavy atom. The van der Waals surface area contributed by atoms with Gasteiger partial charge in [0.05, 0.1) is 5.71 Å². The van der Waals surface area contributed by atoms with Crippen LogP contribution in [0.15, 0.2) is 23.4 Å². The van der Waals surface area contributed by atoms with Crippen molar-refractivity contribution in [1.82, 2.24) is 0 Å². The first-order valence-corrected chi connectivity index (χ1v) is 5.04. The number of hydrogen-bond acceptors (Lipinski definition) is 3. The minimum atomic E-state index is -0.445. The average molecular weight is 220 g/mol. The van der Waals surface area contributed by atoms with E-state index in [9.17, 15) is 4.79 Å². The van der Waals surface area contributed by atoms with Crippen molar-refractivity contribution < 1.29 is 9.63 Å². The van der Waals surface area contributed by atoms with E-state index in [2.05, 4.69) is 5.16 Å². The highest BCUT2D eigenvalue weighted by atomic mass is 16.6. The molecule has 1 amide bonds. The van der Waals surface area contributed by atoms with E-state index in [0.29, 0.717) is 5.56 Å². The Bertz CT molecular complexity index is 421. The fourth-order valence-corrected chi connectivity index (χ4v) is 1.35. The Morgan fingerprint density at radius 2 is 2.12 bits per heavy atom. The van der Waals surface area contributed by atoms with Crippen LogP contribution in [0.5, 0.6) is 0 Å². The monoisotopic (exact) mass is 220 g/mol. The van der Waals surface area contributed by atoms with Crippen LogP contribution in [0.3, 0.4) is 0 Å². The number of carbonyl (C=O) groups is 1. The molecule has 86 valence electrons. The van der Waals surface area contributed by atoms with Crippen LogP contribution in [0.2, 0.25) is 0 Å². The van der Waals surface area contributed by atoms with Crippen molar-refractivity contribution in [3.63, 3.8) is 0 Å². The fourth-order valence-electron chi connectivity index (χ4n) is 1.35. The molecule has 0 bridgehead atoms. The van der Waals surface area contributed by atoms with E-state index >= 15 is 0 Å². The summed E-state index contributed by atoms with van der Waals surface area (Å²) in [6.45, 7) is 5.85. The summed E-state index contributed by atoms with van der Waals surface area (Å²) < 4.78 is 0. The molecule has 0 aromatic heterocycles. The minimum absolute atomic E-state index is 0.260. The third-order valence-electron chi connectivity index (χ3n) is 2.13. The molecule has 0 saturated heterocycles. The predicted octanol–water partition coefficient (Wildman–Crippen LogP) is 2.01.